The van der Waals surface area contributed by atoms with Gasteiger partial charge in [-0.15, -0.1) is 11.3 Å². The van der Waals surface area contributed by atoms with Crippen LogP contribution in [0.25, 0.3) is 0 Å². The molecular weight excluding hydrogens is 308 g/mol. The van der Waals surface area contributed by atoms with Crippen LogP contribution in [-0.4, -0.2) is 21.9 Å². The molecule has 0 bridgehead atoms. The minimum absolute atomic E-state index is 0.154. The van der Waals surface area contributed by atoms with E-state index in [1.54, 1.807) is 23.6 Å². The number of benzene rings is 1. The number of carbonyl (C=O) groups is 2. The van der Waals surface area contributed by atoms with Crippen LogP contribution in [0.5, 0.6) is 0 Å². The van der Waals surface area contributed by atoms with Crippen molar-refractivity contribution >= 4 is 28.9 Å². The Hall–Kier alpha value is -2.74. The van der Waals surface area contributed by atoms with Crippen LogP contribution < -0.4 is 5.32 Å². The van der Waals surface area contributed by atoms with Gasteiger partial charge in [0, 0.05) is 12.1 Å². The first kappa shape index (κ1) is 15.6. The zero-order valence-corrected chi connectivity index (χ0v) is 12.1. The summed E-state index contributed by atoms with van der Waals surface area (Å²) in [5.74, 6) is -1.52. The molecule has 0 saturated carbocycles. The van der Waals surface area contributed by atoms with Crippen LogP contribution in [0.15, 0.2) is 41.8 Å². The monoisotopic (exact) mass is 320 g/mol. The van der Waals surface area contributed by atoms with Gasteiger partial charge >= 0.3 is 5.97 Å². The average molecular weight is 320 g/mol. The number of nitro groups is 1. The van der Waals surface area contributed by atoms with Crippen molar-refractivity contribution in [1.29, 1.82) is 0 Å². The highest BCUT2D eigenvalue weighted by Gasteiger charge is 2.21. The van der Waals surface area contributed by atoms with Gasteiger partial charge in [-0.3, -0.25) is 19.7 Å². The Morgan fingerprint density at radius 3 is 2.68 bits per heavy atom. The molecule has 1 amide bonds. The molecule has 0 saturated heterocycles. The summed E-state index contributed by atoms with van der Waals surface area (Å²) >= 11 is 1.23. The number of carboxylic acid groups (broad SMARTS) is 1. The zero-order valence-electron chi connectivity index (χ0n) is 11.3. The van der Waals surface area contributed by atoms with Crippen molar-refractivity contribution in [3.8, 4) is 0 Å². The lowest BCUT2D eigenvalue weighted by molar-refractivity contribution is -0.384. The summed E-state index contributed by atoms with van der Waals surface area (Å²) in [6.07, 6.45) is -0.363. The van der Waals surface area contributed by atoms with Gasteiger partial charge in [-0.25, -0.2) is 0 Å². The van der Waals surface area contributed by atoms with Crippen molar-refractivity contribution in [2.75, 3.05) is 0 Å². The molecular formula is C14H12N2O5S. The third-order valence-electron chi connectivity index (χ3n) is 2.91. The lowest BCUT2D eigenvalue weighted by atomic mass is 10.0. The molecule has 0 aliphatic heterocycles. The summed E-state index contributed by atoms with van der Waals surface area (Å²) in [5.41, 5.74) is 0.222. The normalized spacial score (nSPS) is 11.6. The van der Waals surface area contributed by atoms with E-state index >= 15 is 0 Å². The maximum absolute atomic E-state index is 12.1. The van der Waals surface area contributed by atoms with Gasteiger partial charge in [-0.05, 0) is 17.0 Å². The number of non-ortho nitro benzene ring substituents is 1. The first-order valence-corrected chi connectivity index (χ1v) is 7.16. The topological polar surface area (TPSA) is 110 Å². The number of carboxylic acids is 1. The molecule has 1 heterocycles. The molecule has 1 aromatic heterocycles. The molecule has 0 spiro atoms. The molecule has 1 aromatic carbocycles. The van der Waals surface area contributed by atoms with Gasteiger partial charge in [0.2, 0.25) is 0 Å². The smallest absolute Gasteiger partial charge is 0.305 e. The molecule has 0 radical (unpaired) electrons. The second kappa shape index (κ2) is 6.81. The van der Waals surface area contributed by atoms with Crippen LogP contribution in [0.2, 0.25) is 0 Å². The van der Waals surface area contributed by atoms with E-state index in [0.717, 1.165) is 0 Å². The predicted molar refractivity (Wildman–Crippen MR) is 79.9 cm³/mol. The van der Waals surface area contributed by atoms with Crippen LogP contribution >= 0.6 is 11.3 Å². The first-order valence-electron chi connectivity index (χ1n) is 6.28. The molecule has 114 valence electrons. The fraction of sp³-hybridized carbons (Fsp3) is 0.143. The summed E-state index contributed by atoms with van der Waals surface area (Å²) < 4.78 is 0. The average Bonchev–Trinajstić information content (AvgIpc) is 3.00. The number of nitrogens with one attached hydrogen (secondary N) is 1. The standard InChI is InChI=1S/C14H12N2O5S/c17-13(18)8-11(15-14(19)12-5-2-6-22-12)9-3-1-4-10(7-9)16(20)21/h1-7,11H,8H2,(H,15,19)(H,17,18)/t11-/m1/s1. The largest absolute Gasteiger partial charge is 0.481 e. The van der Waals surface area contributed by atoms with Crippen molar-refractivity contribution < 1.29 is 19.6 Å². The highest BCUT2D eigenvalue weighted by Crippen LogP contribution is 2.23. The Balaban J connectivity index is 2.26. The van der Waals surface area contributed by atoms with E-state index in [2.05, 4.69) is 5.32 Å². The number of aliphatic carboxylic acids is 1. The van der Waals surface area contributed by atoms with Crippen molar-refractivity contribution in [2.45, 2.75) is 12.5 Å². The molecule has 7 nitrogen and oxygen atoms in total. The van der Waals surface area contributed by atoms with E-state index in [4.69, 9.17) is 5.11 Å². The third-order valence-corrected chi connectivity index (χ3v) is 3.78. The lowest BCUT2D eigenvalue weighted by Gasteiger charge is -2.16. The summed E-state index contributed by atoms with van der Waals surface area (Å²) in [6.45, 7) is 0. The van der Waals surface area contributed by atoms with Gasteiger partial charge in [0.05, 0.1) is 22.3 Å². The molecule has 2 rings (SSSR count). The fourth-order valence-corrected chi connectivity index (χ4v) is 2.55. The van der Waals surface area contributed by atoms with Gasteiger partial charge in [0.25, 0.3) is 11.6 Å². The SMILES string of the molecule is O=C(O)C[C@@H](NC(=O)c1cccs1)c1cccc([N+](=O)[O-])c1. The zero-order chi connectivity index (χ0) is 16.1. The Morgan fingerprint density at radius 2 is 2.09 bits per heavy atom. The first-order chi connectivity index (χ1) is 10.5. The van der Waals surface area contributed by atoms with Crippen LogP contribution in [0.4, 0.5) is 5.69 Å². The van der Waals surface area contributed by atoms with Crippen molar-refractivity contribution in [2.24, 2.45) is 0 Å². The molecule has 0 aliphatic rings. The molecule has 8 heteroatoms. The minimum Gasteiger partial charge on any atom is -0.481 e. The Morgan fingerprint density at radius 1 is 1.32 bits per heavy atom. The highest BCUT2D eigenvalue weighted by atomic mass is 32.1. The maximum atomic E-state index is 12.1. The summed E-state index contributed by atoms with van der Waals surface area (Å²) in [7, 11) is 0. The van der Waals surface area contributed by atoms with Gasteiger partial charge in [-0.1, -0.05) is 18.2 Å². The van der Waals surface area contributed by atoms with E-state index in [0.29, 0.717) is 10.4 Å². The number of rotatable bonds is 6. The summed E-state index contributed by atoms with van der Waals surface area (Å²) in [6, 6.07) is 8.07. The molecule has 2 N–H and O–H groups in total. The second-order valence-electron chi connectivity index (χ2n) is 4.45. The van der Waals surface area contributed by atoms with E-state index in [-0.39, 0.29) is 12.1 Å². The van der Waals surface area contributed by atoms with E-state index in [1.165, 1.54) is 29.5 Å². The number of nitrogens with zero attached hydrogens (tertiary/aromatic N) is 1. The number of hydrogen-bond acceptors (Lipinski definition) is 5. The van der Waals surface area contributed by atoms with E-state index in [9.17, 15) is 19.7 Å². The van der Waals surface area contributed by atoms with Crippen molar-refractivity contribution in [3.63, 3.8) is 0 Å². The van der Waals surface area contributed by atoms with E-state index < -0.39 is 22.8 Å². The number of nitro benzene ring substituents is 1. The third kappa shape index (κ3) is 3.89. The Bertz CT molecular complexity index is 699. The summed E-state index contributed by atoms with van der Waals surface area (Å²) in [5, 5.41) is 24.1. The van der Waals surface area contributed by atoms with Crippen molar-refractivity contribution in [3.05, 3.63) is 62.3 Å². The predicted octanol–water partition coefficient (Wildman–Crippen LogP) is 2.60. The van der Waals surface area contributed by atoms with Gasteiger partial charge in [0.15, 0.2) is 0 Å². The molecule has 1 atom stereocenters. The number of thiophene rings is 1. The van der Waals surface area contributed by atoms with Crippen LogP contribution in [0.3, 0.4) is 0 Å². The lowest BCUT2D eigenvalue weighted by Crippen LogP contribution is -2.29. The van der Waals surface area contributed by atoms with Gasteiger partial charge < -0.3 is 10.4 Å². The molecule has 0 aliphatic carbocycles. The Kier molecular flexibility index (Phi) is 4.84. The van der Waals surface area contributed by atoms with Gasteiger partial charge in [0.1, 0.15) is 0 Å². The van der Waals surface area contributed by atoms with Crippen LogP contribution in [0, 0.1) is 10.1 Å². The minimum atomic E-state index is -1.11. The maximum Gasteiger partial charge on any atom is 0.305 e. The quantitative estimate of drug-likeness (QED) is 0.628. The van der Waals surface area contributed by atoms with Gasteiger partial charge in [-0.2, -0.15) is 0 Å². The second-order valence-corrected chi connectivity index (χ2v) is 5.40. The fourth-order valence-electron chi connectivity index (χ4n) is 1.92. The molecule has 0 unspecified atom stereocenters. The number of carbonyl (C=O) groups excluding carboxylic acids is 1. The van der Waals surface area contributed by atoms with E-state index in [1.807, 2.05) is 0 Å². The van der Waals surface area contributed by atoms with Crippen LogP contribution in [0.1, 0.15) is 27.7 Å². The molecule has 22 heavy (non-hydrogen) atoms. The number of amides is 1. The summed E-state index contributed by atoms with van der Waals surface area (Å²) in [4.78, 5) is 33.7. The Labute approximate surface area is 129 Å². The van der Waals surface area contributed by atoms with Crippen LogP contribution in [-0.2, 0) is 4.79 Å². The van der Waals surface area contributed by atoms with Crippen molar-refractivity contribution in [1.82, 2.24) is 5.32 Å². The number of hydrogen-bond donors (Lipinski definition) is 2. The molecule has 2 aromatic rings. The molecule has 0 fully saturated rings. The highest BCUT2D eigenvalue weighted by molar-refractivity contribution is 7.12.